The number of carbonyl (C=O) groups excluding carboxylic acids is 2. The molecule has 0 spiro atoms. The molecule has 0 unspecified atom stereocenters. The molecule has 1 aromatic heterocycles. The third kappa shape index (κ3) is 5.15. The number of nitrogens with one attached hydrogen (secondary N) is 1. The van der Waals surface area contributed by atoms with E-state index < -0.39 is 16.7 Å². The lowest BCUT2D eigenvalue weighted by Crippen LogP contribution is -2.21. The van der Waals surface area contributed by atoms with Crippen LogP contribution in [-0.2, 0) is 16.1 Å². The number of hydrogen-bond donors (Lipinski definition) is 1. The van der Waals surface area contributed by atoms with Crippen LogP contribution in [0, 0.1) is 0 Å². The molecule has 2 aromatic rings. The van der Waals surface area contributed by atoms with Gasteiger partial charge in [-0.25, -0.2) is 5.43 Å². The number of ether oxygens (including phenoxy) is 1. The van der Waals surface area contributed by atoms with Gasteiger partial charge in [0.25, 0.3) is 5.91 Å². The highest BCUT2D eigenvalue weighted by Gasteiger charge is 2.15. The van der Waals surface area contributed by atoms with Crippen LogP contribution in [-0.4, -0.2) is 29.3 Å². The number of benzene rings is 1. The quantitative estimate of drug-likeness (QED) is 0.457. The molecule has 7 nitrogen and oxygen atoms in total. The van der Waals surface area contributed by atoms with Crippen LogP contribution in [0.25, 0.3) is 0 Å². The standard InChI is InChI=1S/C15H13Cl2N3O4S/c1-2-24-12(21)8-20-13(17)11(25-15(20)23)7-18-19-14(22)9-3-5-10(16)6-4-9/h3-7H,2,8H2,1H3,(H,19,22)/b18-7+. The molecule has 2 rings (SSSR count). The molecule has 1 N–H and O–H groups in total. The Labute approximate surface area is 156 Å². The summed E-state index contributed by atoms with van der Waals surface area (Å²) in [6.45, 7) is 1.59. The number of hydrazone groups is 1. The Bertz CT molecular complexity index is 859. The lowest BCUT2D eigenvalue weighted by atomic mass is 10.2. The maximum Gasteiger partial charge on any atom is 0.326 e. The first-order valence-electron chi connectivity index (χ1n) is 7.06. The molecule has 0 atom stereocenters. The van der Waals surface area contributed by atoms with E-state index in [1.807, 2.05) is 0 Å². The van der Waals surface area contributed by atoms with Crippen molar-refractivity contribution in [2.75, 3.05) is 6.61 Å². The van der Waals surface area contributed by atoms with Gasteiger partial charge >= 0.3 is 10.8 Å². The molecule has 0 radical (unpaired) electrons. The van der Waals surface area contributed by atoms with Crippen molar-refractivity contribution in [3.8, 4) is 0 Å². The number of thiazole rings is 1. The maximum atomic E-state index is 11.9. The Balaban J connectivity index is 2.06. The number of carbonyl (C=O) groups is 2. The molecule has 1 amide bonds. The minimum Gasteiger partial charge on any atom is -0.465 e. The highest BCUT2D eigenvalue weighted by atomic mass is 35.5. The summed E-state index contributed by atoms with van der Waals surface area (Å²) in [5.41, 5.74) is 2.69. The molecule has 10 heteroatoms. The first kappa shape index (κ1) is 19.2. The second-order valence-electron chi connectivity index (χ2n) is 4.62. The van der Waals surface area contributed by atoms with Crippen molar-refractivity contribution in [2.45, 2.75) is 13.5 Å². The van der Waals surface area contributed by atoms with Crippen molar-refractivity contribution in [3.63, 3.8) is 0 Å². The Hall–Kier alpha value is -2.16. The van der Waals surface area contributed by atoms with Gasteiger partial charge in [-0.3, -0.25) is 19.0 Å². The van der Waals surface area contributed by atoms with E-state index in [1.54, 1.807) is 31.2 Å². The topological polar surface area (TPSA) is 89.8 Å². The van der Waals surface area contributed by atoms with Gasteiger partial charge in [-0.05, 0) is 31.2 Å². The van der Waals surface area contributed by atoms with E-state index >= 15 is 0 Å². The van der Waals surface area contributed by atoms with Crippen LogP contribution >= 0.6 is 34.5 Å². The minimum absolute atomic E-state index is 0.0487. The van der Waals surface area contributed by atoms with E-state index in [9.17, 15) is 14.4 Å². The molecule has 0 saturated heterocycles. The molecule has 0 aliphatic heterocycles. The molecular formula is C15H13Cl2N3O4S. The van der Waals surface area contributed by atoms with Gasteiger partial charge in [0, 0.05) is 10.6 Å². The lowest BCUT2D eigenvalue weighted by molar-refractivity contribution is -0.143. The van der Waals surface area contributed by atoms with Gasteiger partial charge in [0.1, 0.15) is 11.7 Å². The minimum atomic E-state index is -0.566. The summed E-state index contributed by atoms with van der Waals surface area (Å²) in [6, 6.07) is 6.26. The van der Waals surface area contributed by atoms with E-state index in [2.05, 4.69) is 10.5 Å². The van der Waals surface area contributed by atoms with E-state index in [4.69, 9.17) is 27.9 Å². The summed E-state index contributed by atoms with van der Waals surface area (Å²) >= 11 is 12.6. The molecule has 25 heavy (non-hydrogen) atoms. The molecule has 132 valence electrons. The van der Waals surface area contributed by atoms with E-state index in [-0.39, 0.29) is 18.3 Å². The van der Waals surface area contributed by atoms with E-state index in [0.717, 1.165) is 15.9 Å². The summed E-state index contributed by atoms with van der Waals surface area (Å²) < 4.78 is 5.86. The van der Waals surface area contributed by atoms with Crippen molar-refractivity contribution < 1.29 is 14.3 Å². The molecule has 0 aliphatic carbocycles. The first-order valence-corrected chi connectivity index (χ1v) is 8.63. The number of nitrogens with zero attached hydrogens (tertiary/aromatic N) is 2. The Morgan fingerprint density at radius 1 is 1.32 bits per heavy atom. The van der Waals surface area contributed by atoms with Crippen molar-refractivity contribution >= 4 is 52.6 Å². The van der Waals surface area contributed by atoms with Gasteiger partial charge < -0.3 is 4.74 Å². The van der Waals surface area contributed by atoms with E-state index in [1.165, 1.54) is 6.21 Å². The normalized spacial score (nSPS) is 10.8. The fourth-order valence-corrected chi connectivity index (χ4v) is 3.00. The van der Waals surface area contributed by atoms with Gasteiger partial charge in [0.05, 0.1) is 17.7 Å². The Morgan fingerprint density at radius 3 is 2.64 bits per heavy atom. The van der Waals surface area contributed by atoms with Crippen LogP contribution in [0.1, 0.15) is 22.2 Å². The first-order chi connectivity index (χ1) is 11.9. The monoisotopic (exact) mass is 401 g/mol. The molecule has 0 saturated carbocycles. The SMILES string of the molecule is CCOC(=O)Cn1c(Cl)c(/C=N/NC(=O)c2ccc(Cl)cc2)sc1=O. The summed E-state index contributed by atoms with van der Waals surface area (Å²) in [6.07, 6.45) is 1.24. The molecule has 0 fully saturated rings. The average molecular weight is 402 g/mol. The van der Waals surface area contributed by atoms with Gasteiger partial charge in [-0.1, -0.05) is 34.5 Å². The second-order valence-corrected chi connectivity index (χ2v) is 6.41. The number of amides is 1. The number of aromatic nitrogens is 1. The van der Waals surface area contributed by atoms with Crippen LogP contribution in [0.2, 0.25) is 10.2 Å². The van der Waals surface area contributed by atoms with E-state index in [0.29, 0.717) is 15.5 Å². The smallest absolute Gasteiger partial charge is 0.326 e. The maximum absolute atomic E-state index is 11.9. The number of halogens is 2. The van der Waals surface area contributed by atoms with Crippen molar-refractivity contribution in [1.29, 1.82) is 0 Å². The van der Waals surface area contributed by atoms with Crippen LogP contribution in [0.5, 0.6) is 0 Å². The van der Waals surface area contributed by atoms with Crippen LogP contribution < -0.4 is 10.3 Å². The number of esters is 1. The zero-order valence-corrected chi connectivity index (χ0v) is 15.3. The zero-order chi connectivity index (χ0) is 18.4. The highest BCUT2D eigenvalue weighted by molar-refractivity contribution is 7.11. The van der Waals surface area contributed by atoms with Crippen LogP contribution in [0.4, 0.5) is 0 Å². The van der Waals surface area contributed by atoms with Gasteiger partial charge in [0.15, 0.2) is 0 Å². The van der Waals surface area contributed by atoms with Crippen LogP contribution in [0.3, 0.4) is 0 Å². The molecule has 0 bridgehead atoms. The Kier molecular flexibility index (Phi) is 6.74. The van der Waals surface area contributed by atoms with Crippen molar-refractivity contribution in [2.24, 2.45) is 5.10 Å². The molecule has 0 aliphatic rings. The summed E-state index contributed by atoms with van der Waals surface area (Å²) in [7, 11) is 0. The zero-order valence-electron chi connectivity index (χ0n) is 13.0. The second kappa shape index (κ2) is 8.80. The largest absolute Gasteiger partial charge is 0.465 e. The Morgan fingerprint density at radius 2 is 2.00 bits per heavy atom. The molecule has 1 aromatic carbocycles. The molecule has 1 heterocycles. The predicted octanol–water partition coefficient (Wildman–Crippen LogP) is 2.54. The van der Waals surface area contributed by atoms with Gasteiger partial charge in [-0.15, -0.1) is 0 Å². The third-order valence-corrected chi connectivity index (χ3v) is 4.59. The summed E-state index contributed by atoms with van der Waals surface area (Å²) in [5, 5.41) is 4.33. The number of rotatable bonds is 6. The fraction of sp³-hybridized carbons (Fsp3) is 0.200. The fourth-order valence-electron chi connectivity index (χ4n) is 1.77. The van der Waals surface area contributed by atoms with Gasteiger partial charge in [0.2, 0.25) is 0 Å². The third-order valence-electron chi connectivity index (χ3n) is 2.90. The van der Waals surface area contributed by atoms with Crippen molar-refractivity contribution in [1.82, 2.24) is 9.99 Å². The lowest BCUT2D eigenvalue weighted by Gasteiger charge is -2.03. The predicted molar refractivity (Wildman–Crippen MR) is 96.7 cm³/mol. The van der Waals surface area contributed by atoms with Gasteiger partial charge in [-0.2, -0.15) is 5.10 Å². The average Bonchev–Trinajstić information content (AvgIpc) is 2.83. The van der Waals surface area contributed by atoms with Crippen LogP contribution in [0.15, 0.2) is 34.2 Å². The highest BCUT2D eigenvalue weighted by Crippen LogP contribution is 2.16. The summed E-state index contributed by atoms with van der Waals surface area (Å²) in [5.74, 6) is -1.01. The molecular weight excluding hydrogens is 389 g/mol. The van der Waals surface area contributed by atoms with Crippen molar-refractivity contribution in [3.05, 3.63) is 54.5 Å². The summed E-state index contributed by atoms with van der Waals surface area (Å²) in [4.78, 5) is 35.1. The number of hydrogen-bond acceptors (Lipinski definition) is 6.